The Kier molecular flexibility index (Phi) is 5.03. The van der Waals surface area contributed by atoms with Gasteiger partial charge in [-0.15, -0.1) is 0 Å². The monoisotopic (exact) mass is 349 g/mol. The minimum Gasteiger partial charge on any atom is -0.372 e. The molecular formula is C17H23N3O3S. The molecule has 130 valence electrons. The molecule has 0 atom stereocenters. The summed E-state index contributed by atoms with van der Waals surface area (Å²) >= 11 is 0. The molecule has 2 heterocycles. The second kappa shape index (κ2) is 7.04. The lowest BCUT2D eigenvalue weighted by atomic mass is 10.3. The molecule has 0 saturated carbocycles. The zero-order valence-electron chi connectivity index (χ0n) is 14.1. The third-order valence-corrected chi connectivity index (χ3v) is 5.96. The maximum Gasteiger partial charge on any atom is 0.243 e. The Bertz CT molecular complexity index is 785. The molecule has 1 aromatic heterocycles. The maximum atomic E-state index is 12.9. The number of sulfonamides is 1. The van der Waals surface area contributed by atoms with Crippen molar-refractivity contribution in [3.8, 4) is 0 Å². The first-order valence-corrected chi connectivity index (χ1v) is 9.62. The highest BCUT2D eigenvalue weighted by atomic mass is 32.2. The van der Waals surface area contributed by atoms with Gasteiger partial charge in [0.15, 0.2) is 0 Å². The van der Waals surface area contributed by atoms with E-state index < -0.39 is 10.0 Å². The second-order valence-corrected chi connectivity index (χ2v) is 8.13. The van der Waals surface area contributed by atoms with Gasteiger partial charge in [0.25, 0.3) is 0 Å². The van der Waals surface area contributed by atoms with Gasteiger partial charge < -0.3 is 9.30 Å². The fourth-order valence-corrected chi connectivity index (χ4v) is 4.26. The molecule has 24 heavy (non-hydrogen) atoms. The number of hydrogen-bond acceptors (Lipinski definition) is 4. The molecule has 0 fully saturated rings. The first-order valence-electron chi connectivity index (χ1n) is 8.18. The van der Waals surface area contributed by atoms with Crippen LogP contribution in [0.15, 0.2) is 41.6 Å². The second-order valence-electron chi connectivity index (χ2n) is 6.20. The van der Waals surface area contributed by atoms with Gasteiger partial charge in [-0.3, -0.25) is 0 Å². The number of ether oxygens (including phenoxy) is 1. The largest absolute Gasteiger partial charge is 0.372 e. The summed E-state index contributed by atoms with van der Waals surface area (Å²) in [5, 5.41) is 0. The van der Waals surface area contributed by atoms with Crippen LogP contribution in [-0.4, -0.2) is 34.9 Å². The van der Waals surface area contributed by atoms with E-state index in [1.165, 1.54) is 0 Å². The van der Waals surface area contributed by atoms with E-state index in [0.29, 0.717) is 24.6 Å². The zero-order chi connectivity index (χ0) is 17.2. The van der Waals surface area contributed by atoms with Gasteiger partial charge in [0, 0.05) is 13.1 Å². The molecule has 0 unspecified atom stereocenters. The Hall–Kier alpha value is -1.70. The fraction of sp³-hybridized carbons (Fsp3) is 0.471. The van der Waals surface area contributed by atoms with E-state index in [1.807, 2.05) is 24.5 Å². The average molecular weight is 349 g/mol. The van der Waals surface area contributed by atoms with Crippen LogP contribution >= 0.6 is 0 Å². The molecule has 1 aromatic carbocycles. The topological polar surface area (TPSA) is 64.4 Å². The third-order valence-electron chi connectivity index (χ3n) is 4.10. The smallest absolute Gasteiger partial charge is 0.243 e. The number of fused-ring (bicyclic) bond motifs is 1. The number of aryl methyl sites for hydroxylation is 1. The van der Waals surface area contributed by atoms with Gasteiger partial charge >= 0.3 is 0 Å². The summed E-state index contributed by atoms with van der Waals surface area (Å²) in [4.78, 5) is 4.75. The molecule has 2 aromatic rings. The van der Waals surface area contributed by atoms with Crippen molar-refractivity contribution in [1.29, 1.82) is 0 Å². The average Bonchev–Trinajstić information content (AvgIpc) is 2.81. The maximum absolute atomic E-state index is 12.9. The number of benzene rings is 1. The number of nitrogens with zero attached hydrogens (tertiary/aromatic N) is 3. The number of hydrogen-bond donors (Lipinski definition) is 0. The highest BCUT2D eigenvalue weighted by Crippen LogP contribution is 2.23. The summed E-state index contributed by atoms with van der Waals surface area (Å²) in [5.41, 5.74) is 1.74. The van der Waals surface area contributed by atoms with Gasteiger partial charge in [-0.2, -0.15) is 4.31 Å². The first-order chi connectivity index (χ1) is 11.5. The summed E-state index contributed by atoms with van der Waals surface area (Å²) < 4.78 is 35.1. The Morgan fingerprint density at radius 2 is 1.96 bits per heavy atom. The standard InChI is InChI=1S/C17H23N3O3S/c1-14(2)23-12-16-17-11-20(10-6-9-19(17)13-18-16)24(21,22)15-7-4-3-5-8-15/h3-5,7-8,13-14H,6,9-12H2,1-2H3. The van der Waals surface area contributed by atoms with E-state index in [-0.39, 0.29) is 6.10 Å². The van der Waals surface area contributed by atoms with Gasteiger partial charge in [0.2, 0.25) is 10.0 Å². The lowest BCUT2D eigenvalue weighted by Crippen LogP contribution is -2.31. The third kappa shape index (κ3) is 3.53. The molecule has 1 aliphatic heterocycles. The molecule has 6 nitrogen and oxygen atoms in total. The van der Waals surface area contributed by atoms with Crippen LogP contribution in [0.2, 0.25) is 0 Å². The molecule has 0 amide bonds. The summed E-state index contributed by atoms with van der Waals surface area (Å²) in [7, 11) is -3.50. The van der Waals surface area contributed by atoms with E-state index in [4.69, 9.17) is 4.74 Å². The normalized spacial score (nSPS) is 16.1. The molecule has 0 aliphatic carbocycles. The van der Waals surface area contributed by atoms with E-state index in [9.17, 15) is 8.42 Å². The van der Waals surface area contributed by atoms with Crippen LogP contribution in [-0.2, 0) is 34.5 Å². The predicted octanol–water partition coefficient (Wildman–Crippen LogP) is 2.40. The first kappa shape index (κ1) is 17.1. The molecule has 0 spiro atoms. The molecule has 0 N–H and O–H groups in total. The predicted molar refractivity (Wildman–Crippen MR) is 90.8 cm³/mol. The van der Waals surface area contributed by atoms with Crippen LogP contribution in [0.4, 0.5) is 0 Å². The van der Waals surface area contributed by atoms with E-state index in [0.717, 1.165) is 24.4 Å². The molecule has 0 bridgehead atoms. The lowest BCUT2D eigenvalue weighted by molar-refractivity contribution is 0.0631. The van der Waals surface area contributed by atoms with Gasteiger partial charge in [0.1, 0.15) is 0 Å². The van der Waals surface area contributed by atoms with E-state index >= 15 is 0 Å². The molecular weight excluding hydrogens is 326 g/mol. The van der Waals surface area contributed by atoms with E-state index in [1.54, 1.807) is 34.9 Å². The molecule has 7 heteroatoms. The molecule has 3 rings (SSSR count). The van der Waals surface area contributed by atoms with Crippen molar-refractivity contribution < 1.29 is 13.2 Å². The van der Waals surface area contributed by atoms with Crippen LogP contribution in [0.25, 0.3) is 0 Å². The van der Waals surface area contributed by atoms with Crippen LogP contribution in [0, 0.1) is 0 Å². The minimum atomic E-state index is -3.50. The van der Waals surface area contributed by atoms with Gasteiger partial charge in [-0.25, -0.2) is 13.4 Å². The van der Waals surface area contributed by atoms with Crippen molar-refractivity contribution in [2.75, 3.05) is 6.54 Å². The SMILES string of the molecule is CC(C)OCc1ncn2c1CN(S(=O)(=O)c1ccccc1)CCC2. The molecule has 0 radical (unpaired) electrons. The quantitative estimate of drug-likeness (QED) is 0.831. The van der Waals surface area contributed by atoms with Crippen LogP contribution in [0.1, 0.15) is 31.7 Å². The summed E-state index contributed by atoms with van der Waals surface area (Å²) in [6.45, 7) is 5.95. The van der Waals surface area contributed by atoms with Crippen molar-refractivity contribution in [3.05, 3.63) is 48.0 Å². The highest BCUT2D eigenvalue weighted by Gasteiger charge is 2.28. The van der Waals surface area contributed by atoms with Crippen molar-refractivity contribution in [2.24, 2.45) is 0 Å². The van der Waals surface area contributed by atoms with Crippen molar-refractivity contribution in [1.82, 2.24) is 13.9 Å². The van der Waals surface area contributed by atoms with Gasteiger partial charge in [0.05, 0.1) is 41.9 Å². The van der Waals surface area contributed by atoms with Crippen molar-refractivity contribution >= 4 is 10.0 Å². The van der Waals surface area contributed by atoms with Crippen molar-refractivity contribution in [2.45, 2.75) is 51.0 Å². The Labute approximate surface area is 143 Å². The molecule has 0 saturated heterocycles. The van der Waals surface area contributed by atoms with Gasteiger partial charge in [-0.1, -0.05) is 18.2 Å². The fourth-order valence-electron chi connectivity index (χ4n) is 2.80. The number of aromatic nitrogens is 2. The Balaban J connectivity index is 1.88. The number of rotatable bonds is 5. The van der Waals surface area contributed by atoms with Crippen LogP contribution < -0.4 is 0 Å². The van der Waals surface area contributed by atoms with Crippen molar-refractivity contribution in [3.63, 3.8) is 0 Å². The lowest BCUT2D eigenvalue weighted by Gasteiger charge is -2.20. The zero-order valence-corrected chi connectivity index (χ0v) is 14.9. The Morgan fingerprint density at radius 3 is 2.67 bits per heavy atom. The summed E-state index contributed by atoms with van der Waals surface area (Å²) in [5.74, 6) is 0. The Morgan fingerprint density at radius 1 is 1.21 bits per heavy atom. The summed E-state index contributed by atoms with van der Waals surface area (Å²) in [6, 6.07) is 8.59. The highest BCUT2D eigenvalue weighted by molar-refractivity contribution is 7.89. The van der Waals surface area contributed by atoms with Crippen LogP contribution in [0.3, 0.4) is 0 Å². The van der Waals surface area contributed by atoms with E-state index in [2.05, 4.69) is 4.98 Å². The number of imidazole rings is 1. The minimum absolute atomic E-state index is 0.109. The summed E-state index contributed by atoms with van der Waals surface area (Å²) in [6.07, 6.45) is 2.66. The molecule has 1 aliphatic rings. The van der Waals surface area contributed by atoms with Gasteiger partial charge in [-0.05, 0) is 32.4 Å². The van der Waals surface area contributed by atoms with Crippen LogP contribution in [0.5, 0.6) is 0 Å².